The molecule has 1 heteroatoms. The molecule has 1 heterocycles. The van der Waals surface area contributed by atoms with Gasteiger partial charge in [0.1, 0.15) is 11.5 Å². The smallest absolute Gasteiger partial charge is 0.132 e. The van der Waals surface area contributed by atoms with E-state index in [2.05, 4.69) is 158 Å². The summed E-state index contributed by atoms with van der Waals surface area (Å²) in [5.74, 6) is 1.79. The Labute approximate surface area is 233 Å². The number of ether oxygens (including phenoxy) is 1. The van der Waals surface area contributed by atoms with Crippen molar-refractivity contribution in [3.8, 4) is 22.6 Å². The van der Waals surface area contributed by atoms with Crippen LogP contribution in [0, 0.1) is 0 Å². The highest BCUT2D eigenvalue weighted by molar-refractivity contribution is 6.08. The Hall–Kier alpha value is -5.14. The topological polar surface area (TPSA) is 9.23 Å². The van der Waals surface area contributed by atoms with Crippen molar-refractivity contribution < 1.29 is 4.74 Å². The average molecular weight is 511 g/mol. The predicted octanol–water partition coefficient (Wildman–Crippen LogP) is 10.1. The van der Waals surface area contributed by atoms with Gasteiger partial charge in [-0.05, 0) is 68.1 Å². The Morgan fingerprint density at radius 2 is 0.950 bits per heavy atom. The Balaban J connectivity index is 1.40. The van der Waals surface area contributed by atoms with Gasteiger partial charge in [0, 0.05) is 11.1 Å². The molecule has 0 atom stereocenters. The lowest BCUT2D eigenvalue weighted by molar-refractivity contribution is 0.434. The van der Waals surface area contributed by atoms with E-state index < -0.39 is 5.41 Å². The van der Waals surface area contributed by atoms with Crippen LogP contribution in [-0.2, 0) is 5.41 Å². The number of fused-ring (bicyclic) bond motifs is 5. The minimum atomic E-state index is -0.518. The molecule has 0 radical (unpaired) electrons. The molecule has 0 aliphatic carbocycles. The third kappa shape index (κ3) is 3.34. The summed E-state index contributed by atoms with van der Waals surface area (Å²) in [7, 11) is 0. The summed E-state index contributed by atoms with van der Waals surface area (Å²) in [6.45, 7) is 0. The molecule has 188 valence electrons. The van der Waals surface area contributed by atoms with Crippen molar-refractivity contribution in [3.63, 3.8) is 0 Å². The van der Waals surface area contributed by atoms with Gasteiger partial charge in [-0.3, -0.25) is 0 Å². The molecule has 1 aliphatic rings. The minimum Gasteiger partial charge on any atom is -0.457 e. The zero-order chi connectivity index (χ0) is 26.5. The van der Waals surface area contributed by atoms with Gasteiger partial charge in [0.2, 0.25) is 0 Å². The largest absolute Gasteiger partial charge is 0.457 e. The second kappa shape index (κ2) is 8.97. The predicted molar refractivity (Wildman–Crippen MR) is 165 cm³/mol. The summed E-state index contributed by atoms with van der Waals surface area (Å²) in [5.41, 5.74) is 6.60. The van der Waals surface area contributed by atoms with E-state index in [-0.39, 0.29) is 0 Å². The van der Waals surface area contributed by atoms with Crippen molar-refractivity contribution in [2.45, 2.75) is 5.41 Å². The third-order valence-electron chi connectivity index (χ3n) is 8.39. The summed E-state index contributed by atoms with van der Waals surface area (Å²) < 4.78 is 6.58. The maximum absolute atomic E-state index is 6.58. The van der Waals surface area contributed by atoms with Crippen molar-refractivity contribution in [2.75, 3.05) is 0 Å². The molecule has 1 nitrogen and oxygen atoms in total. The average Bonchev–Trinajstić information content (AvgIpc) is 3.04. The molecule has 0 unspecified atom stereocenters. The van der Waals surface area contributed by atoms with E-state index in [0.29, 0.717) is 0 Å². The van der Waals surface area contributed by atoms with E-state index in [9.17, 15) is 0 Å². The molecule has 7 aromatic carbocycles. The van der Waals surface area contributed by atoms with Crippen LogP contribution in [0.4, 0.5) is 0 Å². The van der Waals surface area contributed by atoms with E-state index in [1.54, 1.807) is 0 Å². The van der Waals surface area contributed by atoms with Gasteiger partial charge in [0.05, 0.1) is 5.41 Å². The van der Waals surface area contributed by atoms with E-state index in [1.807, 2.05) is 0 Å². The number of rotatable bonds is 3. The SMILES string of the molecule is c1ccc(C2(c3ccccc3)c3ccccc3Oc3ccc(-c4ccc5c(ccc6ccccc65)c4)cc32)cc1. The Kier molecular flexibility index (Phi) is 5.11. The van der Waals surface area contributed by atoms with Gasteiger partial charge < -0.3 is 4.74 Å². The lowest BCUT2D eigenvalue weighted by Crippen LogP contribution is -2.34. The fourth-order valence-corrected chi connectivity index (χ4v) is 6.58. The highest BCUT2D eigenvalue weighted by Crippen LogP contribution is 2.55. The fraction of sp³-hybridized carbons (Fsp3) is 0.0256. The van der Waals surface area contributed by atoms with Crippen molar-refractivity contribution in [3.05, 3.63) is 180 Å². The molecule has 0 fully saturated rings. The molecular formula is C39H26O. The van der Waals surface area contributed by atoms with Gasteiger partial charge in [0.15, 0.2) is 0 Å². The van der Waals surface area contributed by atoms with Crippen LogP contribution in [0.5, 0.6) is 11.5 Å². The molecular weight excluding hydrogens is 484 g/mol. The van der Waals surface area contributed by atoms with Crippen molar-refractivity contribution >= 4 is 21.5 Å². The highest BCUT2D eigenvalue weighted by Gasteiger charge is 2.45. The second-order valence-corrected chi connectivity index (χ2v) is 10.5. The molecule has 0 saturated carbocycles. The minimum absolute atomic E-state index is 0.518. The Morgan fingerprint density at radius 1 is 0.375 bits per heavy atom. The summed E-state index contributed by atoms with van der Waals surface area (Å²) in [5, 5.41) is 5.07. The van der Waals surface area contributed by atoms with Gasteiger partial charge in [-0.1, -0.05) is 133 Å². The maximum atomic E-state index is 6.58. The monoisotopic (exact) mass is 510 g/mol. The summed E-state index contributed by atoms with van der Waals surface area (Å²) in [6.07, 6.45) is 0. The van der Waals surface area contributed by atoms with Crippen molar-refractivity contribution in [1.82, 2.24) is 0 Å². The molecule has 0 amide bonds. The van der Waals surface area contributed by atoms with E-state index in [1.165, 1.54) is 43.8 Å². The fourth-order valence-electron chi connectivity index (χ4n) is 6.58. The molecule has 8 rings (SSSR count). The lowest BCUT2D eigenvalue weighted by Gasteiger charge is -2.41. The lowest BCUT2D eigenvalue weighted by atomic mass is 9.63. The first-order valence-electron chi connectivity index (χ1n) is 13.8. The Bertz CT molecular complexity index is 1980. The zero-order valence-electron chi connectivity index (χ0n) is 21.9. The van der Waals surface area contributed by atoms with Gasteiger partial charge in [-0.15, -0.1) is 0 Å². The van der Waals surface area contributed by atoms with Crippen LogP contribution in [0.25, 0.3) is 32.7 Å². The van der Waals surface area contributed by atoms with Crippen LogP contribution < -0.4 is 4.74 Å². The first-order chi connectivity index (χ1) is 19.8. The van der Waals surface area contributed by atoms with Crippen LogP contribution in [0.3, 0.4) is 0 Å². The van der Waals surface area contributed by atoms with E-state index in [0.717, 1.165) is 22.6 Å². The van der Waals surface area contributed by atoms with Crippen LogP contribution >= 0.6 is 0 Å². The van der Waals surface area contributed by atoms with E-state index in [4.69, 9.17) is 4.74 Å². The first-order valence-corrected chi connectivity index (χ1v) is 13.8. The van der Waals surface area contributed by atoms with Gasteiger partial charge >= 0.3 is 0 Å². The molecule has 0 N–H and O–H groups in total. The van der Waals surface area contributed by atoms with Crippen LogP contribution in [0.2, 0.25) is 0 Å². The molecule has 40 heavy (non-hydrogen) atoms. The summed E-state index contributed by atoms with van der Waals surface area (Å²) in [6, 6.07) is 56.7. The molecule has 7 aromatic rings. The number of para-hydroxylation sites is 1. The first kappa shape index (κ1) is 22.8. The normalized spacial score (nSPS) is 13.4. The summed E-state index contributed by atoms with van der Waals surface area (Å²) in [4.78, 5) is 0. The highest BCUT2D eigenvalue weighted by atomic mass is 16.5. The van der Waals surface area contributed by atoms with Crippen molar-refractivity contribution in [1.29, 1.82) is 0 Å². The Morgan fingerprint density at radius 3 is 1.75 bits per heavy atom. The number of hydrogen-bond acceptors (Lipinski definition) is 1. The number of hydrogen-bond donors (Lipinski definition) is 0. The van der Waals surface area contributed by atoms with Crippen LogP contribution in [0.15, 0.2) is 158 Å². The molecule has 0 bridgehead atoms. The van der Waals surface area contributed by atoms with Gasteiger partial charge in [0.25, 0.3) is 0 Å². The van der Waals surface area contributed by atoms with E-state index >= 15 is 0 Å². The maximum Gasteiger partial charge on any atom is 0.132 e. The molecule has 1 aliphatic heterocycles. The van der Waals surface area contributed by atoms with Gasteiger partial charge in [-0.25, -0.2) is 0 Å². The standard InChI is InChI=1S/C39H26O/c1-3-12-31(13-4-1)39(32-14-5-2-6-15-32)35-17-9-10-18-37(35)40-38-24-22-29(26-36(38)39)28-21-23-34-30(25-28)20-19-27-11-7-8-16-33(27)34/h1-26H. The van der Waals surface area contributed by atoms with Crippen molar-refractivity contribution in [2.24, 2.45) is 0 Å². The molecule has 0 saturated heterocycles. The quantitative estimate of drug-likeness (QED) is 0.215. The molecule has 0 aromatic heterocycles. The molecule has 0 spiro atoms. The third-order valence-corrected chi connectivity index (χ3v) is 8.39. The number of benzene rings is 7. The van der Waals surface area contributed by atoms with Crippen LogP contribution in [-0.4, -0.2) is 0 Å². The summed E-state index contributed by atoms with van der Waals surface area (Å²) >= 11 is 0. The van der Waals surface area contributed by atoms with Crippen LogP contribution in [0.1, 0.15) is 22.3 Å². The zero-order valence-corrected chi connectivity index (χ0v) is 21.9. The second-order valence-electron chi connectivity index (χ2n) is 10.5. The van der Waals surface area contributed by atoms with Gasteiger partial charge in [-0.2, -0.15) is 0 Å².